The number of phosphoric ester groups is 1. The van der Waals surface area contributed by atoms with E-state index in [1.165, 1.54) is 12.2 Å². The van der Waals surface area contributed by atoms with Crippen molar-refractivity contribution in [1.29, 1.82) is 0 Å². The number of ether oxygens (including phenoxy) is 2. The average Bonchev–Trinajstić information content (AvgIpc) is 2.94. The van der Waals surface area contributed by atoms with Crippen molar-refractivity contribution in [1.82, 2.24) is 0 Å². The first kappa shape index (κ1) is 34.8. The van der Waals surface area contributed by atoms with Crippen molar-refractivity contribution in [3.05, 3.63) is 60.7 Å². The second kappa shape index (κ2) is 22.6. The van der Waals surface area contributed by atoms with Gasteiger partial charge < -0.3 is 9.47 Å². The minimum absolute atomic E-state index is 0.163. The van der Waals surface area contributed by atoms with Crippen LogP contribution in [0.3, 0.4) is 0 Å². The van der Waals surface area contributed by atoms with Gasteiger partial charge in [-0.25, -0.2) is 14.2 Å². The Balaban J connectivity index is 2.29. The second-order valence-corrected chi connectivity index (χ2v) is 11.0. The molecule has 0 saturated heterocycles. The largest absolute Gasteiger partial charge is 0.475 e. The lowest BCUT2D eigenvalue weighted by atomic mass is 10.1. The fourth-order valence-corrected chi connectivity index (χ4v) is 4.90. The van der Waals surface area contributed by atoms with Gasteiger partial charge in [-0.15, -0.1) is 0 Å². The third-order valence-corrected chi connectivity index (χ3v) is 7.48. The second-order valence-electron chi connectivity index (χ2n) is 9.30. The Bertz CT molecular complexity index is 841. The molecule has 0 aliphatic carbocycles. The number of carbonyl (C=O) groups excluding carboxylic acids is 2. The van der Waals surface area contributed by atoms with Crippen molar-refractivity contribution >= 4 is 19.8 Å². The monoisotopic (exact) mass is 566 g/mol. The molecule has 0 spiro atoms. The summed E-state index contributed by atoms with van der Waals surface area (Å²) in [7, 11) is -3.68. The van der Waals surface area contributed by atoms with Crippen molar-refractivity contribution in [3.8, 4) is 0 Å². The normalized spacial score (nSPS) is 11.2. The van der Waals surface area contributed by atoms with Gasteiger partial charge in [-0.2, -0.15) is 0 Å². The smallest absolute Gasteiger partial charge is 0.463 e. The molecule has 0 aliphatic heterocycles. The van der Waals surface area contributed by atoms with Crippen LogP contribution in [0.25, 0.3) is 0 Å². The van der Waals surface area contributed by atoms with E-state index in [1.807, 2.05) is 31.2 Å². The first-order valence-corrected chi connectivity index (χ1v) is 15.5. The van der Waals surface area contributed by atoms with E-state index in [1.54, 1.807) is 0 Å². The van der Waals surface area contributed by atoms with Crippen LogP contribution in [-0.2, 0) is 43.8 Å². The number of aryl methyl sites for hydroxylation is 1. The van der Waals surface area contributed by atoms with Crippen LogP contribution in [0.5, 0.6) is 0 Å². The number of rotatable bonds is 25. The van der Waals surface area contributed by atoms with E-state index in [0.29, 0.717) is 26.4 Å². The van der Waals surface area contributed by atoms with Gasteiger partial charge in [-0.1, -0.05) is 88.8 Å². The highest BCUT2D eigenvalue weighted by Crippen LogP contribution is 2.50. The Kier molecular flexibility index (Phi) is 20.1. The van der Waals surface area contributed by atoms with E-state index >= 15 is 0 Å². The quantitative estimate of drug-likeness (QED) is 0.0512. The van der Waals surface area contributed by atoms with Crippen LogP contribution in [0.2, 0.25) is 0 Å². The molecule has 39 heavy (non-hydrogen) atoms. The highest BCUT2D eigenvalue weighted by molar-refractivity contribution is 7.48. The Labute approximate surface area is 234 Å². The molecule has 0 aromatic heterocycles. The Hall–Kier alpha value is -2.25. The van der Waals surface area contributed by atoms with Crippen molar-refractivity contribution in [3.63, 3.8) is 0 Å². The maximum absolute atomic E-state index is 13.3. The molecule has 0 radical (unpaired) electrons. The van der Waals surface area contributed by atoms with E-state index in [2.05, 4.69) is 13.2 Å². The predicted octanol–water partition coefficient (Wildman–Crippen LogP) is 7.79. The van der Waals surface area contributed by atoms with Crippen molar-refractivity contribution in [2.75, 3.05) is 26.4 Å². The summed E-state index contributed by atoms with van der Waals surface area (Å²) >= 11 is 0. The van der Waals surface area contributed by atoms with Crippen LogP contribution >= 0.6 is 7.82 Å². The Morgan fingerprint density at radius 3 is 1.51 bits per heavy atom. The Morgan fingerprint density at radius 1 is 0.667 bits per heavy atom. The third kappa shape index (κ3) is 18.6. The van der Waals surface area contributed by atoms with Crippen LogP contribution in [-0.4, -0.2) is 38.4 Å². The van der Waals surface area contributed by atoms with Crippen LogP contribution in [0, 0.1) is 6.92 Å². The molecule has 8 nitrogen and oxygen atoms in total. The van der Waals surface area contributed by atoms with Gasteiger partial charge in [0.1, 0.15) is 0 Å². The lowest BCUT2D eigenvalue weighted by Gasteiger charge is -2.19. The molecule has 0 saturated carbocycles. The summed E-state index contributed by atoms with van der Waals surface area (Å²) in [6, 6.07) is 7.80. The molecule has 0 heterocycles. The van der Waals surface area contributed by atoms with Crippen molar-refractivity contribution in [2.45, 2.75) is 90.6 Å². The van der Waals surface area contributed by atoms with Gasteiger partial charge >= 0.3 is 19.8 Å². The highest BCUT2D eigenvalue weighted by atomic mass is 31.2. The maximum atomic E-state index is 13.3. The molecule has 0 bridgehead atoms. The number of hydrogen-bond acceptors (Lipinski definition) is 8. The summed E-state index contributed by atoms with van der Waals surface area (Å²) < 4.78 is 40.3. The van der Waals surface area contributed by atoms with Gasteiger partial charge in [0.2, 0.25) is 0 Å². The molecule has 0 aliphatic rings. The molecular weight excluding hydrogens is 519 g/mol. The third-order valence-electron chi connectivity index (χ3n) is 6.04. The van der Waals surface area contributed by atoms with Crippen LogP contribution in [0.1, 0.15) is 88.2 Å². The molecule has 220 valence electrons. The van der Waals surface area contributed by atoms with Crippen molar-refractivity contribution < 1.29 is 37.2 Å². The van der Waals surface area contributed by atoms with Crippen molar-refractivity contribution in [2.24, 2.45) is 0 Å². The molecule has 0 unspecified atom stereocenters. The number of benzene rings is 1. The molecular formula is C30H47O8P. The SMILES string of the molecule is C=CC(=O)OCCCCCCCCOP(=O)(OCCCCCCCCOC(=O)C=C)OCc1ccccc1C. The first-order chi connectivity index (χ1) is 18.9. The van der Waals surface area contributed by atoms with Gasteiger partial charge in [-0.05, 0) is 43.7 Å². The van der Waals surface area contributed by atoms with Gasteiger partial charge in [0.05, 0.1) is 33.0 Å². The van der Waals surface area contributed by atoms with E-state index < -0.39 is 7.82 Å². The van der Waals surface area contributed by atoms with Crippen LogP contribution in [0.15, 0.2) is 49.6 Å². The number of carbonyl (C=O) groups is 2. The van der Waals surface area contributed by atoms with Crippen LogP contribution in [0.4, 0.5) is 0 Å². The summed E-state index contributed by atoms with van der Waals surface area (Å²) in [4.78, 5) is 22.0. The number of esters is 2. The molecule has 9 heteroatoms. The van der Waals surface area contributed by atoms with Gasteiger partial charge in [0.25, 0.3) is 0 Å². The molecule has 0 N–H and O–H groups in total. The summed E-state index contributed by atoms with van der Waals surface area (Å²) in [6.45, 7) is 10.3. The fraction of sp³-hybridized carbons (Fsp3) is 0.600. The van der Waals surface area contributed by atoms with E-state index in [9.17, 15) is 14.2 Å². The summed E-state index contributed by atoms with van der Waals surface area (Å²) in [5.41, 5.74) is 2.00. The number of hydrogen-bond donors (Lipinski definition) is 0. The topological polar surface area (TPSA) is 97.4 Å². The average molecular weight is 567 g/mol. The zero-order chi connectivity index (χ0) is 28.6. The molecule has 0 atom stereocenters. The molecule has 0 fully saturated rings. The summed E-state index contributed by atoms with van der Waals surface area (Å²) in [6.07, 6.45) is 13.5. The lowest BCUT2D eigenvalue weighted by Crippen LogP contribution is -2.04. The van der Waals surface area contributed by atoms with E-state index in [0.717, 1.165) is 88.2 Å². The minimum atomic E-state index is -3.68. The lowest BCUT2D eigenvalue weighted by molar-refractivity contribution is -0.138. The Morgan fingerprint density at radius 2 is 1.08 bits per heavy atom. The summed E-state index contributed by atoms with van der Waals surface area (Å²) in [5, 5.41) is 0. The van der Waals surface area contributed by atoms with Gasteiger partial charge in [-0.3, -0.25) is 13.6 Å². The van der Waals surface area contributed by atoms with Gasteiger partial charge in [0, 0.05) is 12.2 Å². The van der Waals surface area contributed by atoms with Crippen LogP contribution < -0.4 is 0 Å². The number of phosphoric acid groups is 1. The standard InChI is InChI=1S/C30H47O8P/c1-4-29(31)34-22-16-10-6-8-12-18-24-36-39(33,38-26-28-21-15-14-20-27(28)3)37-25-19-13-9-7-11-17-23-35-30(32)5-2/h4-5,14-15,20-21H,1-2,6-13,16-19,22-26H2,3H3. The highest BCUT2D eigenvalue weighted by Gasteiger charge is 2.26. The first-order valence-electron chi connectivity index (χ1n) is 14.1. The number of unbranched alkanes of at least 4 members (excludes halogenated alkanes) is 10. The molecule has 1 aromatic rings. The zero-order valence-electron chi connectivity index (χ0n) is 23.6. The zero-order valence-corrected chi connectivity index (χ0v) is 24.5. The van der Waals surface area contributed by atoms with Gasteiger partial charge in [0.15, 0.2) is 0 Å². The molecule has 0 amide bonds. The predicted molar refractivity (Wildman–Crippen MR) is 153 cm³/mol. The molecule has 1 rings (SSSR count). The maximum Gasteiger partial charge on any atom is 0.475 e. The molecule has 1 aromatic carbocycles. The fourth-order valence-electron chi connectivity index (χ4n) is 3.67. The van der Waals surface area contributed by atoms with E-state index in [4.69, 9.17) is 23.0 Å². The summed E-state index contributed by atoms with van der Waals surface area (Å²) in [5.74, 6) is -0.770. The minimum Gasteiger partial charge on any atom is -0.463 e. The van der Waals surface area contributed by atoms with E-state index in [-0.39, 0.29) is 18.5 Å².